The number of nitrogens with one attached hydrogen (secondary N) is 1. The maximum Gasteiger partial charge on any atom is 0.258 e. The Morgan fingerprint density at radius 3 is 2.57 bits per heavy atom. The van der Waals surface area contributed by atoms with E-state index in [2.05, 4.69) is 10.4 Å². The molecule has 5 nitrogen and oxygen atoms in total. The maximum absolute atomic E-state index is 13.3. The van der Waals surface area contributed by atoms with E-state index in [1.807, 2.05) is 36.1 Å². The van der Waals surface area contributed by atoms with Crippen molar-refractivity contribution in [3.05, 3.63) is 76.3 Å². The zero-order valence-corrected chi connectivity index (χ0v) is 15.9. The molecule has 1 aliphatic carbocycles. The molecule has 2 aliphatic rings. The van der Waals surface area contributed by atoms with Gasteiger partial charge in [0.15, 0.2) is 0 Å². The highest BCUT2D eigenvalue weighted by atomic mass is 35.5. The van der Waals surface area contributed by atoms with Crippen molar-refractivity contribution in [2.45, 2.75) is 32.0 Å². The van der Waals surface area contributed by atoms with Crippen molar-refractivity contribution in [2.75, 3.05) is 5.32 Å². The van der Waals surface area contributed by atoms with Gasteiger partial charge in [0, 0.05) is 11.7 Å². The molecule has 0 spiro atoms. The van der Waals surface area contributed by atoms with Gasteiger partial charge in [0.25, 0.3) is 5.91 Å². The minimum atomic E-state index is -0.392. The van der Waals surface area contributed by atoms with Crippen LogP contribution in [0.1, 0.15) is 40.6 Å². The summed E-state index contributed by atoms with van der Waals surface area (Å²) < 4.78 is 14.9. The van der Waals surface area contributed by atoms with Gasteiger partial charge in [-0.25, -0.2) is 9.07 Å². The van der Waals surface area contributed by atoms with Crippen molar-refractivity contribution >= 4 is 23.2 Å². The Balaban J connectivity index is 1.62. The summed E-state index contributed by atoms with van der Waals surface area (Å²) in [6.07, 6.45) is 1.57. The van der Waals surface area contributed by atoms with Gasteiger partial charge in [-0.05, 0) is 56.2 Å². The van der Waals surface area contributed by atoms with Crippen molar-refractivity contribution in [1.29, 1.82) is 0 Å². The monoisotopic (exact) mass is 396 g/mol. The number of para-hydroxylation sites is 1. The molecule has 1 aromatic heterocycles. The van der Waals surface area contributed by atoms with Crippen LogP contribution in [-0.2, 0) is 0 Å². The highest BCUT2D eigenvalue weighted by Crippen LogP contribution is 2.43. The molecule has 2 aromatic carbocycles. The van der Waals surface area contributed by atoms with Gasteiger partial charge in [0.05, 0.1) is 22.5 Å². The third-order valence-electron chi connectivity index (χ3n) is 5.30. The molecule has 1 amide bonds. The Hall–Kier alpha value is -2.86. The van der Waals surface area contributed by atoms with E-state index in [1.54, 1.807) is 16.8 Å². The fraction of sp³-hybridized carbons (Fsp3) is 0.238. The number of halogens is 2. The van der Waals surface area contributed by atoms with Gasteiger partial charge in [-0.3, -0.25) is 4.79 Å². The lowest BCUT2D eigenvalue weighted by molar-refractivity contribution is 0.0666. The number of aromatic nitrogens is 2. The predicted octanol–water partition coefficient (Wildman–Crippen LogP) is 4.70. The maximum atomic E-state index is 13.3. The summed E-state index contributed by atoms with van der Waals surface area (Å²) in [5.41, 5.74) is 3.62. The van der Waals surface area contributed by atoms with E-state index in [-0.39, 0.29) is 17.8 Å². The minimum Gasteiger partial charge on any atom is -0.361 e. The Kier molecular flexibility index (Phi) is 3.91. The molecule has 142 valence electrons. The minimum absolute atomic E-state index is 0.00634. The number of rotatable bonds is 3. The number of fused-ring (bicyclic) bond motifs is 1. The summed E-state index contributed by atoms with van der Waals surface area (Å²) in [5, 5.41) is 8.46. The van der Waals surface area contributed by atoms with Crippen LogP contribution in [0.5, 0.6) is 0 Å². The van der Waals surface area contributed by atoms with E-state index < -0.39 is 6.17 Å². The first kappa shape index (κ1) is 17.3. The van der Waals surface area contributed by atoms with Crippen LogP contribution in [0.2, 0.25) is 5.15 Å². The third kappa shape index (κ3) is 2.67. The average molecular weight is 397 g/mol. The fourth-order valence-corrected chi connectivity index (χ4v) is 4.16. The molecule has 28 heavy (non-hydrogen) atoms. The van der Waals surface area contributed by atoms with Crippen molar-refractivity contribution in [3.8, 4) is 5.69 Å². The zero-order valence-electron chi connectivity index (χ0n) is 15.2. The summed E-state index contributed by atoms with van der Waals surface area (Å²) in [6, 6.07) is 13.7. The number of hydrogen-bond donors (Lipinski definition) is 1. The van der Waals surface area contributed by atoms with Gasteiger partial charge >= 0.3 is 0 Å². The van der Waals surface area contributed by atoms with E-state index in [0.29, 0.717) is 16.4 Å². The Morgan fingerprint density at radius 1 is 1.14 bits per heavy atom. The molecule has 1 atom stereocenters. The Bertz CT molecular complexity index is 1070. The van der Waals surface area contributed by atoms with Crippen molar-refractivity contribution in [1.82, 2.24) is 14.7 Å². The lowest BCUT2D eigenvalue weighted by atomic mass is 10.0. The molecule has 1 saturated carbocycles. The highest BCUT2D eigenvalue weighted by molar-refractivity contribution is 6.30. The van der Waals surface area contributed by atoms with Gasteiger partial charge in [-0.15, -0.1) is 0 Å². The number of carbonyl (C=O) groups is 1. The molecule has 3 aromatic rings. The van der Waals surface area contributed by atoms with Crippen LogP contribution in [0, 0.1) is 12.7 Å². The van der Waals surface area contributed by atoms with E-state index in [1.165, 1.54) is 12.1 Å². The largest absolute Gasteiger partial charge is 0.361 e. The van der Waals surface area contributed by atoms with E-state index >= 15 is 0 Å². The topological polar surface area (TPSA) is 50.2 Å². The molecular formula is C21H18ClFN4O. The van der Waals surface area contributed by atoms with Gasteiger partial charge in [0.1, 0.15) is 17.1 Å². The number of nitrogens with zero attached hydrogens (tertiary/aromatic N) is 3. The Labute approximate surface area is 166 Å². The van der Waals surface area contributed by atoms with Crippen LogP contribution in [0.15, 0.2) is 48.5 Å². The van der Waals surface area contributed by atoms with Gasteiger partial charge in [-0.2, -0.15) is 5.10 Å². The van der Waals surface area contributed by atoms with Crippen LogP contribution >= 0.6 is 11.6 Å². The van der Waals surface area contributed by atoms with Crippen LogP contribution in [0.3, 0.4) is 0 Å². The van der Waals surface area contributed by atoms with Gasteiger partial charge < -0.3 is 10.2 Å². The Morgan fingerprint density at radius 2 is 1.86 bits per heavy atom. The number of aryl methyl sites for hydroxylation is 1. The van der Waals surface area contributed by atoms with Crippen molar-refractivity contribution in [2.24, 2.45) is 0 Å². The number of anilines is 1. The molecule has 7 heteroatoms. The molecule has 1 fully saturated rings. The summed E-state index contributed by atoms with van der Waals surface area (Å²) in [6.45, 7) is 1.87. The van der Waals surface area contributed by atoms with E-state index in [4.69, 9.17) is 11.6 Å². The van der Waals surface area contributed by atoms with Crippen LogP contribution in [-0.4, -0.2) is 26.6 Å². The molecular weight excluding hydrogens is 379 g/mol. The molecule has 0 unspecified atom stereocenters. The first-order valence-electron chi connectivity index (χ1n) is 9.24. The number of carbonyl (C=O) groups excluding carboxylic acids is 1. The fourth-order valence-electron chi connectivity index (χ4n) is 3.78. The first-order chi connectivity index (χ1) is 13.5. The van der Waals surface area contributed by atoms with Crippen LogP contribution < -0.4 is 5.32 Å². The quantitative estimate of drug-likeness (QED) is 0.698. The summed E-state index contributed by atoms with van der Waals surface area (Å²) >= 11 is 6.73. The summed E-state index contributed by atoms with van der Waals surface area (Å²) in [5.74, 6) is -0.313. The van der Waals surface area contributed by atoms with Crippen LogP contribution in [0.4, 0.5) is 10.1 Å². The molecule has 1 N–H and O–H groups in total. The average Bonchev–Trinajstić information content (AvgIpc) is 3.47. The lowest BCUT2D eigenvalue weighted by Gasteiger charge is -2.38. The van der Waals surface area contributed by atoms with Gasteiger partial charge in [-0.1, -0.05) is 23.7 Å². The number of benzene rings is 2. The molecule has 0 radical (unpaired) electrons. The van der Waals surface area contributed by atoms with Gasteiger partial charge in [0.2, 0.25) is 0 Å². The van der Waals surface area contributed by atoms with Crippen molar-refractivity contribution < 1.29 is 9.18 Å². The summed E-state index contributed by atoms with van der Waals surface area (Å²) in [4.78, 5) is 15.1. The van der Waals surface area contributed by atoms with Crippen molar-refractivity contribution in [3.63, 3.8) is 0 Å². The lowest BCUT2D eigenvalue weighted by Crippen LogP contribution is -2.44. The SMILES string of the molecule is Cc1nn(-c2ccc(F)cc2)c(Cl)c1[C@H]1Nc2ccccc2C(=O)N1C1CC1. The molecule has 0 bridgehead atoms. The zero-order chi connectivity index (χ0) is 19.4. The second-order valence-electron chi connectivity index (χ2n) is 7.21. The second kappa shape index (κ2) is 6.34. The molecule has 1 aliphatic heterocycles. The number of amides is 1. The second-order valence-corrected chi connectivity index (χ2v) is 7.57. The van der Waals surface area contributed by atoms with E-state index in [9.17, 15) is 9.18 Å². The normalized spacial score (nSPS) is 18.8. The number of hydrogen-bond acceptors (Lipinski definition) is 3. The first-order valence-corrected chi connectivity index (χ1v) is 9.61. The molecule has 2 heterocycles. The summed E-state index contributed by atoms with van der Waals surface area (Å²) in [7, 11) is 0. The third-order valence-corrected chi connectivity index (χ3v) is 5.66. The molecule has 5 rings (SSSR count). The van der Waals surface area contributed by atoms with Crippen LogP contribution in [0.25, 0.3) is 5.69 Å². The standard InChI is InChI=1S/C21H18ClFN4O/c1-12-18(19(22)27(25-12)15-8-6-13(23)7-9-15)20-24-17-5-3-2-4-16(17)21(28)26(20)14-10-11-14/h2-9,14,20,24H,10-11H2,1H3/t20-/m0/s1. The molecule has 0 saturated heterocycles. The predicted molar refractivity (Wildman–Crippen MR) is 105 cm³/mol. The van der Waals surface area contributed by atoms with E-state index in [0.717, 1.165) is 29.8 Å². The highest BCUT2D eigenvalue weighted by Gasteiger charge is 2.44. The smallest absolute Gasteiger partial charge is 0.258 e.